The van der Waals surface area contributed by atoms with Crippen molar-refractivity contribution in [2.75, 3.05) is 39.8 Å². The first-order valence-electron chi connectivity index (χ1n) is 7.19. The summed E-state index contributed by atoms with van der Waals surface area (Å²) in [5, 5.41) is 0. The van der Waals surface area contributed by atoms with E-state index in [9.17, 15) is 0 Å². The Hall–Kier alpha value is -1.38. The average molecular weight is 252 g/mol. The van der Waals surface area contributed by atoms with Gasteiger partial charge in [-0.25, -0.2) is 0 Å². The molecule has 1 spiro atoms. The minimum Gasteiger partial charge on any atom is -0.304 e. The molecule has 0 radical (unpaired) electrons. The smallest absolute Gasteiger partial charge is 0.0511 e. The molecule has 4 aliphatic rings. The standard InChI is InChI=1S/C17H20N2/c1-18-6-8-19(9-7-18)13-15-12-17-5-3-2-4-16(17)10-14(15)11-17/h2-5,10-12H,6-9,13H2,1H3. The van der Waals surface area contributed by atoms with Gasteiger partial charge in [-0.15, -0.1) is 0 Å². The number of hydrogen-bond donors (Lipinski definition) is 0. The third kappa shape index (κ3) is 1.78. The molecule has 2 heteroatoms. The second kappa shape index (κ2) is 4.06. The van der Waals surface area contributed by atoms with E-state index in [0.29, 0.717) is 0 Å². The van der Waals surface area contributed by atoms with Crippen molar-refractivity contribution in [3.05, 3.63) is 59.3 Å². The fraction of sp³-hybridized carbons (Fsp3) is 0.412. The normalized spacial score (nSPS) is 33.2. The van der Waals surface area contributed by atoms with Gasteiger partial charge in [-0.1, -0.05) is 42.5 Å². The van der Waals surface area contributed by atoms with Gasteiger partial charge in [0.15, 0.2) is 0 Å². The molecule has 1 heterocycles. The van der Waals surface area contributed by atoms with Crippen molar-refractivity contribution in [3.8, 4) is 0 Å². The lowest BCUT2D eigenvalue weighted by Gasteiger charge is -2.33. The van der Waals surface area contributed by atoms with Gasteiger partial charge in [0, 0.05) is 32.7 Å². The lowest BCUT2D eigenvalue weighted by Crippen LogP contribution is -2.45. The van der Waals surface area contributed by atoms with E-state index in [1.165, 1.54) is 42.9 Å². The molecule has 0 aromatic carbocycles. The van der Waals surface area contributed by atoms with Crippen LogP contribution in [0.15, 0.2) is 59.3 Å². The highest BCUT2D eigenvalue weighted by Crippen LogP contribution is 2.50. The van der Waals surface area contributed by atoms with Crippen molar-refractivity contribution in [1.29, 1.82) is 0 Å². The maximum atomic E-state index is 2.58. The third-order valence-corrected chi connectivity index (χ3v) is 4.74. The molecule has 1 fully saturated rings. The molecule has 2 bridgehead atoms. The molecule has 0 amide bonds. The number of likely N-dealkylation sites (N-methyl/N-ethyl adjacent to an activating group) is 1. The van der Waals surface area contributed by atoms with Crippen molar-refractivity contribution >= 4 is 0 Å². The van der Waals surface area contributed by atoms with Crippen LogP contribution in [0.2, 0.25) is 0 Å². The summed E-state index contributed by atoms with van der Waals surface area (Å²) in [6, 6.07) is 0. The molecular formula is C17H20N2. The number of rotatable bonds is 2. The molecule has 0 saturated carbocycles. The summed E-state index contributed by atoms with van der Waals surface area (Å²) >= 11 is 0. The molecule has 19 heavy (non-hydrogen) atoms. The summed E-state index contributed by atoms with van der Waals surface area (Å²) < 4.78 is 0. The second-order valence-corrected chi connectivity index (χ2v) is 6.10. The monoisotopic (exact) mass is 252 g/mol. The van der Waals surface area contributed by atoms with Crippen molar-refractivity contribution in [3.63, 3.8) is 0 Å². The Morgan fingerprint density at radius 2 is 1.95 bits per heavy atom. The molecule has 1 unspecified atom stereocenters. The first kappa shape index (κ1) is 11.4. The van der Waals surface area contributed by atoms with Gasteiger partial charge in [0.05, 0.1) is 5.41 Å². The first-order chi connectivity index (χ1) is 9.25. The van der Waals surface area contributed by atoms with Gasteiger partial charge in [-0.05, 0) is 23.8 Å². The van der Waals surface area contributed by atoms with Crippen molar-refractivity contribution in [1.82, 2.24) is 9.80 Å². The Labute approximate surface area is 115 Å². The molecular weight excluding hydrogens is 232 g/mol. The Morgan fingerprint density at radius 1 is 1.11 bits per heavy atom. The van der Waals surface area contributed by atoms with Gasteiger partial charge >= 0.3 is 0 Å². The fourth-order valence-corrected chi connectivity index (χ4v) is 3.50. The summed E-state index contributed by atoms with van der Waals surface area (Å²) in [7, 11) is 2.21. The van der Waals surface area contributed by atoms with Crippen molar-refractivity contribution in [2.24, 2.45) is 5.41 Å². The van der Waals surface area contributed by atoms with E-state index >= 15 is 0 Å². The third-order valence-electron chi connectivity index (χ3n) is 4.74. The Bertz CT molecular complexity index is 554. The molecule has 0 aromatic rings. The summed E-state index contributed by atoms with van der Waals surface area (Å²) in [5.41, 5.74) is 4.51. The Kier molecular flexibility index (Phi) is 2.44. The van der Waals surface area contributed by atoms with Crippen LogP contribution in [0, 0.1) is 5.41 Å². The maximum absolute atomic E-state index is 2.58. The zero-order valence-corrected chi connectivity index (χ0v) is 11.5. The fourth-order valence-electron chi connectivity index (χ4n) is 3.50. The lowest BCUT2D eigenvalue weighted by atomic mass is 9.79. The van der Waals surface area contributed by atoms with Crippen LogP contribution < -0.4 is 0 Å². The molecule has 0 aromatic heterocycles. The lowest BCUT2D eigenvalue weighted by molar-refractivity contribution is 0.164. The van der Waals surface area contributed by atoms with Crippen LogP contribution in [0.1, 0.15) is 0 Å². The van der Waals surface area contributed by atoms with Crippen LogP contribution in [-0.4, -0.2) is 49.6 Å². The Morgan fingerprint density at radius 3 is 2.79 bits per heavy atom. The molecule has 3 aliphatic carbocycles. The van der Waals surface area contributed by atoms with Gasteiger partial charge in [-0.2, -0.15) is 0 Å². The van der Waals surface area contributed by atoms with E-state index in [0.717, 1.165) is 6.54 Å². The number of allylic oxidation sites excluding steroid dienone is 8. The summed E-state index contributed by atoms with van der Waals surface area (Å²) in [6.07, 6.45) is 16.1. The molecule has 98 valence electrons. The van der Waals surface area contributed by atoms with E-state index in [1.54, 1.807) is 0 Å². The highest BCUT2D eigenvalue weighted by molar-refractivity contribution is 5.67. The maximum Gasteiger partial charge on any atom is 0.0511 e. The average Bonchev–Trinajstić information content (AvgIpc) is 2.95. The van der Waals surface area contributed by atoms with Crippen molar-refractivity contribution in [2.45, 2.75) is 0 Å². The predicted molar refractivity (Wildman–Crippen MR) is 78.9 cm³/mol. The van der Waals surface area contributed by atoms with Gasteiger partial charge in [0.2, 0.25) is 0 Å². The van der Waals surface area contributed by atoms with E-state index in [2.05, 4.69) is 59.4 Å². The van der Waals surface area contributed by atoms with E-state index in [4.69, 9.17) is 0 Å². The molecule has 1 saturated heterocycles. The zero-order chi connectivity index (χ0) is 12.9. The predicted octanol–water partition coefficient (Wildman–Crippen LogP) is 2.15. The number of hydrogen-bond acceptors (Lipinski definition) is 2. The van der Waals surface area contributed by atoms with E-state index < -0.39 is 0 Å². The number of piperazine rings is 1. The quantitative estimate of drug-likeness (QED) is 0.743. The van der Waals surface area contributed by atoms with E-state index in [-0.39, 0.29) is 5.41 Å². The van der Waals surface area contributed by atoms with Gasteiger partial charge in [0.25, 0.3) is 0 Å². The largest absolute Gasteiger partial charge is 0.304 e. The number of nitrogens with zero attached hydrogens (tertiary/aromatic N) is 2. The molecule has 0 N–H and O–H groups in total. The van der Waals surface area contributed by atoms with Crippen LogP contribution in [0.5, 0.6) is 0 Å². The molecule has 4 rings (SSSR count). The zero-order valence-electron chi connectivity index (χ0n) is 11.5. The molecule has 1 atom stereocenters. The van der Waals surface area contributed by atoms with Crippen LogP contribution in [0.4, 0.5) is 0 Å². The summed E-state index contributed by atoms with van der Waals surface area (Å²) in [5.74, 6) is 0. The molecule has 2 nitrogen and oxygen atoms in total. The SMILES string of the molecule is CN1CCN(CC2=CC34C=CC=CC3=CC2=C4)CC1. The van der Waals surface area contributed by atoms with Crippen LogP contribution >= 0.6 is 0 Å². The van der Waals surface area contributed by atoms with Crippen LogP contribution in [-0.2, 0) is 0 Å². The van der Waals surface area contributed by atoms with Crippen molar-refractivity contribution < 1.29 is 0 Å². The van der Waals surface area contributed by atoms with Gasteiger partial charge < -0.3 is 4.90 Å². The minimum absolute atomic E-state index is 0.103. The molecule has 1 aliphatic heterocycles. The highest BCUT2D eigenvalue weighted by atomic mass is 15.2. The second-order valence-electron chi connectivity index (χ2n) is 6.10. The Balaban J connectivity index is 1.51. The van der Waals surface area contributed by atoms with Gasteiger partial charge in [-0.3, -0.25) is 4.90 Å². The van der Waals surface area contributed by atoms with Crippen LogP contribution in [0.25, 0.3) is 0 Å². The minimum atomic E-state index is 0.103. The summed E-state index contributed by atoms with van der Waals surface area (Å²) in [6.45, 7) is 5.89. The summed E-state index contributed by atoms with van der Waals surface area (Å²) in [4.78, 5) is 5.00. The van der Waals surface area contributed by atoms with Crippen LogP contribution in [0.3, 0.4) is 0 Å². The van der Waals surface area contributed by atoms with E-state index in [1.807, 2.05) is 0 Å². The highest BCUT2D eigenvalue weighted by Gasteiger charge is 2.38. The topological polar surface area (TPSA) is 6.48 Å². The first-order valence-corrected chi connectivity index (χ1v) is 7.19. The van der Waals surface area contributed by atoms with Gasteiger partial charge in [0.1, 0.15) is 0 Å².